The molecule has 11 heavy (non-hydrogen) atoms. The minimum Gasteiger partial charge on any atom is -0.502 e. The highest BCUT2D eigenvalue weighted by atomic mass is 16.5. The molecule has 1 heterocycles. The van der Waals surface area contributed by atoms with Crippen molar-refractivity contribution in [3.63, 3.8) is 0 Å². The number of rotatable bonds is 2. The summed E-state index contributed by atoms with van der Waals surface area (Å²) >= 11 is 0. The lowest BCUT2D eigenvalue weighted by Gasteiger charge is -2.01. The Balaban J connectivity index is 3.02. The maximum absolute atomic E-state index is 9.02. The summed E-state index contributed by atoms with van der Waals surface area (Å²) in [6.07, 6.45) is 1.21. The first-order valence-electron chi connectivity index (χ1n) is 2.92. The van der Waals surface area contributed by atoms with Crippen molar-refractivity contribution in [2.75, 3.05) is 14.2 Å². The Bertz CT molecular complexity index is 252. The molecule has 0 fully saturated rings. The SMILES string of the molecule is COc1ncc(O)c(OC)n1. The Morgan fingerprint density at radius 1 is 1.36 bits per heavy atom. The van der Waals surface area contributed by atoms with Crippen molar-refractivity contribution in [2.24, 2.45) is 0 Å². The highest BCUT2D eigenvalue weighted by Gasteiger charge is 2.04. The molecule has 0 aliphatic rings. The van der Waals surface area contributed by atoms with Crippen molar-refractivity contribution >= 4 is 0 Å². The molecule has 0 atom stereocenters. The van der Waals surface area contributed by atoms with Gasteiger partial charge >= 0.3 is 6.01 Å². The molecule has 0 bridgehead atoms. The highest BCUT2D eigenvalue weighted by Crippen LogP contribution is 2.22. The first kappa shape index (κ1) is 7.59. The molecule has 0 amide bonds. The van der Waals surface area contributed by atoms with Crippen LogP contribution in [0.4, 0.5) is 0 Å². The first-order chi connectivity index (χ1) is 5.27. The van der Waals surface area contributed by atoms with Crippen LogP contribution in [0.1, 0.15) is 0 Å². The average Bonchev–Trinajstić information content (AvgIpc) is 2.05. The molecular formula is C6H8N2O3. The Morgan fingerprint density at radius 3 is 2.64 bits per heavy atom. The summed E-state index contributed by atoms with van der Waals surface area (Å²) in [5.41, 5.74) is 0. The quantitative estimate of drug-likeness (QED) is 0.662. The van der Waals surface area contributed by atoms with Crippen LogP contribution < -0.4 is 9.47 Å². The number of ether oxygens (including phenoxy) is 2. The second kappa shape index (κ2) is 3.05. The predicted octanol–water partition coefficient (Wildman–Crippen LogP) is 0.199. The van der Waals surface area contributed by atoms with E-state index in [-0.39, 0.29) is 17.6 Å². The zero-order chi connectivity index (χ0) is 8.27. The van der Waals surface area contributed by atoms with E-state index < -0.39 is 0 Å². The van der Waals surface area contributed by atoms with Gasteiger partial charge in [-0.1, -0.05) is 0 Å². The van der Waals surface area contributed by atoms with Gasteiger partial charge in [0.1, 0.15) is 0 Å². The molecule has 5 nitrogen and oxygen atoms in total. The fourth-order valence-corrected chi connectivity index (χ4v) is 0.593. The summed E-state index contributed by atoms with van der Waals surface area (Å²) in [6.45, 7) is 0. The number of aromatic hydroxyl groups is 1. The fraction of sp³-hybridized carbons (Fsp3) is 0.333. The minimum atomic E-state index is -0.103. The van der Waals surface area contributed by atoms with Gasteiger partial charge in [0, 0.05) is 0 Å². The van der Waals surface area contributed by atoms with E-state index in [4.69, 9.17) is 14.6 Å². The van der Waals surface area contributed by atoms with Crippen LogP contribution in [0.2, 0.25) is 0 Å². The Morgan fingerprint density at radius 2 is 2.09 bits per heavy atom. The number of methoxy groups -OCH3 is 2. The Kier molecular flexibility index (Phi) is 2.10. The van der Waals surface area contributed by atoms with Crippen LogP contribution in [0.3, 0.4) is 0 Å². The van der Waals surface area contributed by atoms with Crippen molar-refractivity contribution in [1.82, 2.24) is 9.97 Å². The van der Waals surface area contributed by atoms with Crippen molar-refractivity contribution in [3.8, 4) is 17.6 Å². The van der Waals surface area contributed by atoms with Crippen LogP contribution in [0.25, 0.3) is 0 Å². The largest absolute Gasteiger partial charge is 0.502 e. The van der Waals surface area contributed by atoms with Gasteiger partial charge in [-0.3, -0.25) is 0 Å². The van der Waals surface area contributed by atoms with Crippen molar-refractivity contribution < 1.29 is 14.6 Å². The molecule has 5 heteroatoms. The van der Waals surface area contributed by atoms with E-state index in [1.165, 1.54) is 20.4 Å². The van der Waals surface area contributed by atoms with E-state index in [1.807, 2.05) is 0 Å². The third-order valence-corrected chi connectivity index (χ3v) is 1.09. The molecule has 1 aromatic rings. The summed E-state index contributed by atoms with van der Waals surface area (Å²) in [4.78, 5) is 7.35. The van der Waals surface area contributed by atoms with E-state index in [9.17, 15) is 0 Å². The van der Waals surface area contributed by atoms with E-state index >= 15 is 0 Å². The van der Waals surface area contributed by atoms with Gasteiger partial charge in [-0.15, -0.1) is 0 Å². The lowest BCUT2D eigenvalue weighted by Crippen LogP contribution is -1.94. The minimum absolute atomic E-state index is 0.103. The fourth-order valence-electron chi connectivity index (χ4n) is 0.593. The summed E-state index contributed by atoms with van der Waals surface area (Å²) in [7, 11) is 2.84. The van der Waals surface area contributed by atoms with Gasteiger partial charge in [0.2, 0.25) is 0 Å². The first-order valence-corrected chi connectivity index (χ1v) is 2.92. The average molecular weight is 156 g/mol. The normalized spacial score (nSPS) is 9.27. The van der Waals surface area contributed by atoms with Crippen LogP contribution in [-0.2, 0) is 0 Å². The highest BCUT2D eigenvalue weighted by molar-refractivity contribution is 5.29. The molecule has 0 aliphatic carbocycles. The summed E-state index contributed by atoms with van der Waals surface area (Å²) in [5.74, 6) is 0.00477. The molecule has 1 aromatic heterocycles. The van der Waals surface area contributed by atoms with E-state index in [2.05, 4.69) is 9.97 Å². The summed E-state index contributed by atoms with van der Waals surface area (Å²) in [6, 6.07) is 0.166. The standard InChI is InChI=1S/C6H8N2O3/c1-10-5-4(9)3-7-6(8-5)11-2/h3,9H,1-2H3. The number of nitrogens with zero attached hydrogens (tertiary/aromatic N) is 2. The van der Waals surface area contributed by atoms with Gasteiger partial charge in [0.05, 0.1) is 20.4 Å². The summed E-state index contributed by atoms with van der Waals surface area (Å²) in [5, 5.41) is 9.02. The number of hydrogen-bond acceptors (Lipinski definition) is 5. The third kappa shape index (κ3) is 1.49. The molecule has 1 N–H and O–H groups in total. The van der Waals surface area contributed by atoms with Crippen molar-refractivity contribution in [3.05, 3.63) is 6.20 Å². The number of aromatic nitrogens is 2. The molecule has 0 unspecified atom stereocenters. The molecule has 0 saturated carbocycles. The van der Waals surface area contributed by atoms with Crippen LogP contribution in [0, 0.1) is 0 Å². The van der Waals surface area contributed by atoms with E-state index in [0.29, 0.717) is 0 Å². The smallest absolute Gasteiger partial charge is 0.319 e. The van der Waals surface area contributed by atoms with Crippen molar-refractivity contribution in [2.45, 2.75) is 0 Å². The van der Waals surface area contributed by atoms with Crippen LogP contribution >= 0.6 is 0 Å². The Hall–Kier alpha value is -1.52. The maximum atomic E-state index is 9.02. The molecule has 0 radical (unpaired) electrons. The van der Waals surface area contributed by atoms with Crippen LogP contribution in [-0.4, -0.2) is 29.3 Å². The molecule has 0 aromatic carbocycles. The molecule has 0 spiro atoms. The summed E-state index contributed by atoms with van der Waals surface area (Å²) < 4.78 is 9.40. The predicted molar refractivity (Wildman–Crippen MR) is 36.8 cm³/mol. The van der Waals surface area contributed by atoms with Crippen LogP contribution in [0.5, 0.6) is 17.6 Å². The topological polar surface area (TPSA) is 64.5 Å². The molecule has 0 saturated heterocycles. The van der Waals surface area contributed by atoms with Crippen molar-refractivity contribution in [1.29, 1.82) is 0 Å². The van der Waals surface area contributed by atoms with Gasteiger partial charge in [0.25, 0.3) is 5.88 Å². The molecule has 1 rings (SSSR count). The van der Waals surface area contributed by atoms with E-state index in [1.54, 1.807) is 0 Å². The zero-order valence-corrected chi connectivity index (χ0v) is 6.24. The zero-order valence-electron chi connectivity index (χ0n) is 6.24. The maximum Gasteiger partial charge on any atom is 0.319 e. The monoisotopic (exact) mass is 156 g/mol. The second-order valence-corrected chi connectivity index (χ2v) is 1.75. The molecular weight excluding hydrogens is 148 g/mol. The van der Waals surface area contributed by atoms with Gasteiger partial charge in [0.15, 0.2) is 5.75 Å². The number of hydrogen-bond donors (Lipinski definition) is 1. The van der Waals surface area contributed by atoms with Gasteiger partial charge in [-0.05, 0) is 0 Å². The second-order valence-electron chi connectivity index (χ2n) is 1.75. The lowest BCUT2D eigenvalue weighted by atomic mass is 10.6. The van der Waals surface area contributed by atoms with Crippen LogP contribution in [0.15, 0.2) is 6.20 Å². The molecule has 0 aliphatic heterocycles. The third-order valence-electron chi connectivity index (χ3n) is 1.09. The lowest BCUT2D eigenvalue weighted by molar-refractivity contribution is 0.329. The van der Waals surface area contributed by atoms with Gasteiger partial charge in [-0.2, -0.15) is 9.97 Å². The van der Waals surface area contributed by atoms with E-state index in [0.717, 1.165) is 0 Å². The van der Waals surface area contributed by atoms with Gasteiger partial charge < -0.3 is 14.6 Å². The van der Waals surface area contributed by atoms with Gasteiger partial charge in [-0.25, -0.2) is 0 Å². The Labute approximate surface area is 63.6 Å². The molecule has 60 valence electrons.